The number of para-hydroxylation sites is 1. The lowest BCUT2D eigenvalue weighted by atomic mass is 9.96. The predicted molar refractivity (Wildman–Crippen MR) is 114 cm³/mol. The van der Waals surface area contributed by atoms with Gasteiger partial charge in [-0.3, -0.25) is 9.59 Å². The smallest absolute Gasteiger partial charge is 0.227 e. The Hall–Kier alpha value is -2.63. The van der Waals surface area contributed by atoms with Crippen LogP contribution in [0.5, 0.6) is 0 Å². The second kappa shape index (κ2) is 9.25. The van der Waals surface area contributed by atoms with Crippen molar-refractivity contribution >= 4 is 11.8 Å². The lowest BCUT2D eigenvalue weighted by Crippen LogP contribution is -2.45. The van der Waals surface area contributed by atoms with Crippen molar-refractivity contribution in [3.63, 3.8) is 0 Å². The number of aryl methyl sites for hydroxylation is 1. The minimum absolute atomic E-state index is 0.112. The molecule has 6 heteroatoms. The van der Waals surface area contributed by atoms with Crippen LogP contribution in [0.25, 0.3) is 5.69 Å². The molecule has 1 unspecified atom stereocenters. The summed E-state index contributed by atoms with van der Waals surface area (Å²) in [5, 5.41) is 4.69. The maximum atomic E-state index is 13.1. The van der Waals surface area contributed by atoms with E-state index in [0.717, 1.165) is 48.4 Å². The average molecular weight is 397 g/mol. The molecule has 2 aromatic rings. The molecule has 0 radical (unpaired) electrons. The first kappa shape index (κ1) is 21.1. The highest BCUT2D eigenvalue weighted by Gasteiger charge is 2.30. The topological polar surface area (TPSA) is 58.4 Å². The quantitative estimate of drug-likeness (QED) is 0.751. The molecular weight excluding hydrogens is 364 g/mol. The lowest BCUT2D eigenvalue weighted by molar-refractivity contribution is -0.140. The van der Waals surface area contributed by atoms with Crippen LogP contribution in [0.2, 0.25) is 0 Å². The summed E-state index contributed by atoms with van der Waals surface area (Å²) in [7, 11) is 1.86. The third-order valence-electron chi connectivity index (χ3n) is 5.80. The monoisotopic (exact) mass is 396 g/mol. The van der Waals surface area contributed by atoms with Gasteiger partial charge < -0.3 is 9.80 Å². The molecule has 29 heavy (non-hydrogen) atoms. The fourth-order valence-corrected chi connectivity index (χ4v) is 4.13. The zero-order valence-corrected chi connectivity index (χ0v) is 18.0. The van der Waals surface area contributed by atoms with Gasteiger partial charge in [0.2, 0.25) is 11.8 Å². The zero-order chi connectivity index (χ0) is 21.0. The highest BCUT2D eigenvalue weighted by Crippen LogP contribution is 2.23. The van der Waals surface area contributed by atoms with Crippen LogP contribution in [-0.4, -0.2) is 51.5 Å². The van der Waals surface area contributed by atoms with Crippen LogP contribution in [0.15, 0.2) is 30.3 Å². The van der Waals surface area contributed by atoms with E-state index in [4.69, 9.17) is 0 Å². The van der Waals surface area contributed by atoms with Gasteiger partial charge in [0, 0.05) is 44.4 Å². The van der Waals surface area contributed by atoms with E-state index in [-0.39, 0.29) is 17.7 Å². The van der Waals surface area contributed by atoms with Gasteiger partial charge in [0.15, 0.2) is 0 Å². The van der Waals surface area contributed by atoms with E-state index in [0.29, 0.717) is 19.5 Å². The van der Waals surface area contributed by atoms with Crippen molar-refractivity contribution in [1.82, 2.24) is 19.6 Å². The largest absolute Gasteiger partial charge is 0.342 e. The van der Waals surface area contributed by atoms with Crippen molar-refractivity contribution in [2.45, 2.75) is 53.0 Å². The first-order valence-electron chi connectivity index (χ1n) is 10.6. The van der Waals surface area contributed by atoms with Gasteiger partial charge >= 0.3 is 0 Å². The van der Waals surface area contributed by atoms with Crippen LogP contribution < -0.4 is 0 Å². The number of amides is 2. The Morgan fingerprint density at radius 2 is 1.93 bits per heavy atom. The summed E-state index contributed by atoms with van der Waals surface area (Å²) < 4.78 is 1.94. The Morgan fingerprint density at radius 1 is 1.21 bits per heavy atom. The number of carbonyl (C=O) groups excluding carboxylic acids is 2. The molecule has 0 bridgehead atoms. The molecule has 1 atom stereocenters. The number of hydrogen-bond acceptors (Lipinski definition) is 3. The summed E-state index contributed by atoms with van der Waals surface area (Å²) in [4.78, 5) is 29.0. The Balaban J connectivity index is 1.70. The zero-order valence-electron chi connectivity index (χ0n) is 18.0. The van der Waals surface area contributed by atoms with Gasteiger partial charge in [-0.1, -0.05) is 25.1 Å². The molecular formula is C23H32N4O2. The summed E-state index contributed by atoms with van der Waals surface area (Å²) in [6.45, 7) is 7.90. The second-order valence-corrected chi connectivity index (χ2v) is 8.02. The second-order valence-electron chi connectivity index (χ2n) is 8.02. The maximum absolute atomic E-state index is 13.1. The third-order valence-corrected chi connectivity index (χ3v) is 5.80. The normalized spacial score (nSPS) is 16.7. The molecule has 1 aromatic heterocycles. The van der Waals surface area contributed by atoms with Crippen molar-refractivity contribution in [2.24, 2.45) is 5.92 Å². The third kappa shape index (κ3) is 4.69. The number of nitrogens with zero attached hydrogens (tertiary/aromatic N) is 4. The Labute approximate surface area is 173 Å². The number of hydrogen-bond donors (Lipinski definition) is 0. The van der Waals surface area contributed by atoms with Crippen molar-refractivity contribution in [2.75, 3.05) is 20.1 Å². The van der Waals surface area contributed by atoms with Crippen molar-refractivity contribution < 1.29 is 9.59 Å². The van der Waals surface area contributed by atoms with Gasteiger partial charge in [-0.15, -0.1) is 0 Å². The average Bonchev–Trinajstić information content (AvgIpc) is 3.02. The minimum Gasteiger partial charge on any atom is -0.342 e. The molecule has 1 saturated heterocycles. The van der Waals surface area contributed by atoms with E-state index >= 15 is 0 Å². The standard InChI is InChI=1S/C23H32N4O2/c1-5-10-22(28)26-14-9-11-19(15-26)23(29)25(4)16-21-17(2)24-27(18(21)3)20-12-7-6-8-13-20/h6-8,12-13,19H,5,9-11,14-16H2,1-4H3. The summed E-state index contributed by atoms with van der Waals surface area (Å²) in [5.74, 6) is 0.174. The van der Waals surface area contributed by atoms with Crippen LogP contribution in [0, 0.1) is 19.8 Å². The summed E-state index contributed by atoms with van der Waals surface area (Å²) in [6, 6.07) is 10.0. The molecule has 0 saturated carbocycles. The van der Waals surface area contributed by atoms with E-state index < -0.39 is 0 Å². The fraction of sp³-hybridized carbons (Fsp3) is 0.522. The molecule has 2 heterocycles. The molecule has 0 aliphatic carbocycles. The number of benzene rings is 1. The van der Waals surface area contributed by atoms with Crippen LogP contribution in [0.1, 0.15) is 49.6 Å². The Bertz CT molecular complexity index is 859. The molecule has 1 aliphatic heterocycles. The number of piperidine rings is 1. The van der Waals surface area contributed by atoms with Gasteiger partial charge in [0.25, 0.3) is 0 Å². The molecule has 0 N–H and O–H groups in total. The van der Waals surface area contributed by atoms with Crippen LogP contribution in [-0.2, 0) is 16.1 Å². The Kier molecular flexibility index (Phi) is 6.72. The van der Waals surface area contributed by atoms with Crippen molar-refractivity contribution in [3.8, 4) is 5.69 Å². The summed E-state index contributed by atoms with van der Waals surface area (Å²) >= 11 is 0. The SMILES string of the molecule is CCCC(=O)N1CCCC(C(=O)N(C)Cc2c(C)nn(-c3ccccc3)c2C)C1. The van der Waals surface area contributed by atoms with Gasteiger partial charge in [-0.05, 0) is 45.2 Å². The van der Waals surface area contributed by atoms with Crippen molar-refractivity contribution in [3.05, 3.63) is 47.3 Å². The fourth-order valence-electron chi connectivity index (χ4n) is 4.13. The van der Waals surface area contributed by atoms with Crippen LogP contribution in [0.3, 0.4) is 0 Å². The van der Waals surface area contributed by atoms with E-state index in [1.807, 2.05) is 67.7 Å². The predicted octanol–water partition coefficient (Wildman–Crippen LogP) is 3.49. The molecule has 156 valence electrons. The molecule has 1 fully saturated rings. The Morgan fingerprint density at radius 3 is 2.62 bits per heavy atom. The molecule has 6 nitrogen and oxygen atoms in total. The minimum atomic E-state index is -0.112. The van der Waals surface area contributed by atoms with Crippen LogP contribution >= 0.6 is 0 Å². The van der Waals surface area contributed by atoms with Crippen molar-refractivity contribution in [1.29, 1.82) is 0 Å². The lowest BCUT2D eigenvalue weighted by Gasteiger charge is -2.34. The number of rotatable bonds is 6. The van der Waals surface area contributed by atoms with Gasteiger partial charge in [0.05, 0.1) is 17.3 Å². The first-order valence-corrected chi connectivity index (χ1v) is 10.6. The highest BCUT2D eigenvalue weighted by molar-refractivity contribution is 5.81. The number of aromatic nitrogens is 2. The number of carbonyl (C=O) groups is 2. The first-order chi connectivity index (χ1) is 13.9. The van der Waals surface area contributed by atoms with Gasteiger partial charge in [-0.25, -0.2) is 4.68 Å². The van der Waals surface area contributed by atoms with E-state index in [9.17, 15) is 9.59 Å². The molecule has 1 aliphatic rings. The van der Waals surface area contributed by atoms with E-state index in [1.54, 1.807) is 4.90 Å². The van der Waals surface area contributed by atoms with Gasteiger partial charge in [-0.2, -0.15) is 5.10 Å². The van der Waals surface area contributed by atoms with Gasteiger partial charge in [0.1, 0.15) is 0 Å². The molecule has 3 rings (SSSR count). The number of likely N-dealkylation sites (tertiary alicyclic amines) is 1. The van der Waals surface area contributed by atoms with E-state index in [1.165, 1.54) is 0 Å². The maximum Gasteiger partial charge on any atom is 0.227 e. The van der Waals surface area contributed by atoms with Crippen LogP contribution in [0.4, 0.5) is 0 Å². The summed E-state index contributed by atoms with van der Waals surface area (Å²) in [5.41, 5.74) is 4.09. The molecule has 0 spiro atoms. The molecule has 2 amide bonds. The highest BCUT2D eigenvalue weighted by atomic mass is 16.2. The van der Waals surface area contributed by atoms with E-state index in [2.05, 4.69) is 5.10 Å². The summed E-state index contributed by atoms with van der Waals surface area (Å²) in [6.07, 6.45) is 3.15. The molecule has 1 aromatic carbocycles.